The van der Waals surface area contributed by atoms with Crippen LogP contribution in [0.4, 0.5) is 0 Å². The number of halogens is 1. The average molecular weight is 344 g/mol. The molecule has 1 amide bonds. The van der Waals surface area contributed by atoms with Crippen LogP contribution in [0.1, 0.15) is 44.6 Å². The van der Waals surface area contributed by atoms with Gasteiger partial charge in [0.2, 0.25) is 5.91 Å². The van der Waals surface area contributed by atoms with Crippen LogP contribution >= 0.6 is 11.6 Å². The summed E-state index contributed by atoms with van der Waals surface area (Å²) in [6, 6.07) is 6.92. The highest BCUT2D eigenvalue weighted by molar-refractivity contribution is 7.92. The first-order chi connectivity index (χ1) is 10.4. The fraction of sp³-hybridized carbons (Fsp3) is 0.562. The Kier molecular flexibility index (Phi) is 5.87. The smallest absolute Gasteiger partial charge is 0.238 e. The fourth-order valence-electron chi connectivity index (χ4n) is 2.69. The number of carbonyl (C=O) groups excluding carboxylic acids is 1. The molecular formula is C16H22ClNO3S. The van der Waals surface area contributed by atoms with Crippen molar-refractivity contribution < 1.29 is 13.2 Å². The van der Waals surface area contributed by atoms with Gasteiger partial charge in [-0.15, -0.1) is 0 Å². The van der Waals surface area contributed by atoms with Crippen LogP contribution in [0, 0.1) is 0 Å². The zero-order valence-corrected chi connectivity index (χ0v) is 14.3. The Balaban J connectivity index is 2.01. The van der Waals surface area contributed by atoms with E-state index in [1.54, 1.807) is 24.3 Å². The minimum atomic E-state index is -3.58. The quantitative estimate of drug-likeness (QED) is 0.893. The molecule has 6 heteroatoms. The lowest BCUT2D eigenvalue weighted by atomic mass is 9.95. The molecule has 1 aliphatic carbocycles. The second kappa shape index (κ2) is 7.47. The monoisotopic (exact) mass is 343 g/mol. The summed E-state index contributed by atoms with van der Waals surface area (Å²) >= 11 is 6.01. The van der Waals surface area contributed by atoms with Crippen LogP contribution in [0.2, 0.25) is 5.02 Å². The molecule has 2 rings (SSSR count). The highest BCUT2D eigenvalue weighted by atomic mass is 35.5. The van der Waals surface area contributed by atoms with Crippen molar-refractivity contribution in [1.29, 1.82) is 0 Å². The highest BCUT2D eigenvalue weighted by Gasteiger charge is 2.30. The SMILES string of the molecule is C[C@@H](C(=O)NC1CCCCC1)S(=O)(=O)Cc1ccccc1Cl. The normalized spacial score (nSPS) is 17.9. The van der Waals surface area contributed by atoms with E-state index in [9.17, 15) is 13.2 Å². The Morgan fingerprint density at radius 3 is 2.55 bits per heavy atom. The van der Waals surface area contributed by atoms with Gasteiger partial charge in [0, 0.05) is 11.1 Å². The maximum atomic E-state index is 12.4. The van der Waals surface area contributed by atoms with Crippen LogP contribution in [0.15, 0.2) is 24.3 Å². The van der Waals surface area contributed by atoms with Gasteiger partial charge in [0.1, 0.15) is 5.25 Å². The first-order valence-electron chi connectivity index (χ1n) is 7.65. The van der Waals surface area contributed by atoms with Crippen molar-refractivity contribution in [2.75, 3.05) is 0 Å². The number of nitrogens with one attached hydrogen (secondary N) is 1. The molecular weight excluding hydrogens is 322 g/mol. The first-order valence-corrected chi connectivity index (χ1v) is 9.75. The third-order valence-electron chi connectivity index (χ3n) is 4.17. The number of rotatable bonds is 5. The van der Waals surface area contributed by atoms with Crippen molar-refractivity contribution >= 4 is 27.3 Å². The van der Waals surface area contributed by atoms with Crippen molar-refractivity contribution in [2.24, 2.45) is 0 Å². The summed E-state index contributed by atoms with van der Waals surface area (Å²) in [7, 11) is -3.58. The number of hydrogen-bond acceptors (Lipinski definition) is 3. The summed E-state index contributed by atoms with van der Waals surface area (Å²) < 4.78 is 24.8. The zero-order valence-electron chi connectivity index (χ0n) is 12.7. The fourth-order valence-corrected chi connectivity index (χ4v) is 4.30. The summed E-state index contributed by atoms with van der Waals surface area (Å²) in [5, 5.41) is 2.22. The first kappa shape index (κ1) is 17.3. The standard InChI is InChI=1S/C16H22ClNO3S/c1-12(16(19)18-14-8-3-2-4-9-14)22(20,21)11-13-7-5-6-10-15(13)17/h5-7,10,12,14H,2-4,8-9,11H2,1H3,(H,18,19)/t12-/m0/s1. The lowest BCUT2D eigenvalue weighted by Gasteiger charge is -2.24. The van der Waals surface area contributed by atoms with E-state index in [1.165, 1.54) is 13.3 Å². The molecule has 0 aromatic heterocycles. The van der Waals surface area contributed by atoms with E-state index in [2.05, 4.69) is 5.32 Å². The van der Waals surface area contributed by atoms with Gasteiger partial charge in [-0.2, -0.15) is 0 Å². The van der Waals surface area contributed by atoms with Gasteiger partial charge in [-0.1, -0.05) is 49.1 Å². The number of amides is 1. The van der Waals surface area contributed by atoms with E-state index in [4.69, 9.17) is 11.6 Å². The molecule has 0 aliphatic heterocycles. The van der Waals surface area contributed by atoms with Crippen LogP contribution in [0.5, 0.6) is 0 Å². The Hall–Kier alpha value is -1.07. The van der Waals surface area contributed by atoms with Crippen LogP contribution < -0.4 is 5.32 Å². The second-order valence-corrected chi connectivity index (χ2v) is 8.61. The minimum absolute atomic E-state index is 0.110. The lowest BCUT2D eigenvalue weighted by molar-refractivity contribution is -0.121. The molecule has 0 radical (unpaired) electrons. The second-order valence-electron chi connectivity index (χ2n) is 5.88. The molecule has 1 fully saturated rings. The van der Waals surface area contributed by atoms with Crippen molar-refractivity contribution in [3.63, 3.8) is 0 Å². The molecule has 1 atom stereocenters. The van der Waals surface area contributed by atoms with Gasteiger partial charge in [-0.25, -0.2) is 8.42 Å². The molecule has 4 nitrogen and oxygen atoms in total. The molecule has 0 saturated heterocycles. The maximum Gasteiger partial charge on any atom is 0.238 e. The summed E-state index contributed by atoms with van der Waals surface area (Å²) in [5.74, 6) is -0.620. The molecule has 0 heterocycles. The molecule has 1 aromatic carbocycles. The molecule has 122 valence electrons. The largest absolute Gasteiger partial charge is 0.352 e. The van der Waals surface area contributed by atoms with E-state index in [0.717, 1.165) is 25.7 Å². The highest BCUT2D eigenvalue weighted by Crippen LogP contribution is 2.21. The summed E-state index contributed by atoms with van der Waals surface area (Å²) in [6.07, 6.45) is 5.23. The van der Waals surface area contributed by atoms with Gasteiger partial charge in [0.05, 0.1) is 5.75 Å². The van der Waals surface area contributed by atoms with Crippen LogP contribution in [-0.2, 0) is 20.4 Å². The van der Waals surface area contributed by atoms with E-state index in [1.807, 2.05) is 0 Å². The number of hydrogen-bond donors (Lipinski definition) is 1. The molecule has 22 heavy (non-hydrogen) atoms. The summed E-state index contributed by atoms with van der Waals surface area (Å²) in [5.41, 5.74) is 0.529. The molecule has 1 N–H and O–H groups in total. The van der Waals surface area contributed by atoms with Crippen molar-refractivity contribution in [1.82, 2.24) is 5.32 Å². The summed E-state index contributed by atoms with van der Waals surface area (Å²) in [4.78, 5) is 12.2. The predicted octanol–water partition coefficient (Wildman–Crippen LogP) is 3.09. The van der Waals surface area contributed by atoms with Gasteiger partial charge >= 0.3 is 0 Å². The molecule has 1 saturated carbocycles. The molecule has 0 unspecified atom stereocenters. The summed E-state index contributed by atoms with van der Waals surface area (Å²) in [6.45, 7) is 1.45. The van der Waals surface area contributed by atoms with E-state index < -0.39 is 21.0 Å². The third kappa shape index (κ3) is 4.46. The third-order valence-corrected chi connectivity index (χ3v) is 6.55. The molecule has 1 aliphatic rings. The van der Waals surface area contributed by atoms with Gasteiger partial charge in [-0.3, -0.25) is 4.79 Å². The topological polar surface area (TPSA) is 63.2 Å². The van der Waals surface area contributed by atoms with E-state index in [0.29, 0.717) is 10.6 Å². The number of carbonyl (C=O) groups is 1. The Labute approximate surface area is 137 Å². The van der Waals surface area contributed by atoms with E-state index >= 15 is 0 Å². The van der Waals surface area contributed by atoms with Crippen molar-refractivity contribution in [3.8, 4) is 0 Å². The Bertz CT molecular complexity index is 624. The minimum Gasteiger partial charge on any atom is -0.352 e. The van der Waals surface area contributed by atoms with Gasteiger partial charge in [-0.05, 0) is 31.4 Å². The molecule has 0 bridgehead atoms. The number of sulfone groups is 1. The molecule has 0 spiro atoms. The Morgan fingerprint density at radius 2 is 1.91 bits per heavy atom. The van der Waals surface area contributed by atoms with Crippen molar-refractivity contribution in [2.45, 2.75) is 56.1 Å². The van der Waals surface area contributed by atoms with Crippen LogP contribution in [0.25, 0.3) is 0 Å². The number of benzene rings is 1. The van der Waals surface area contributed by atoms with Gasteiger partial charge < -0.3 is 5.32 Å². The van der Waals surface area contributed by atoms with E-state index in [-0.39, 0.29) is 11.8 Å². The zero-order chi connectivity index (χ0) is 16.2. The van der Waals surface area contributed by atoms with Crippen molar-refractivity contribution in [3.05, 3.63) is 34.9 Å². The Morgan fingerprint density at radius 1 is 1.27 bits per heavy atom. The maximum absolute atomic E-state index is 12.4. The molecule has 1 aromatic rings. The van der Waals surface area contributed by atoms with Crippen LogP contribution in [-0.4, -0.2) is 25.6 Å². The van der Waals surface area contributed by atoms with Gasteiger partial charge in [0.15, 0.2) is 9.84 Å². The van der Waals surface area contributed by atoms with Crippen LogP contribution in [0.3, 0.4) is 0 Å². The van der Waals surface area contributed by atoms with Gasteiger partial charge in [0.25, 0.3) is 0 Å². The lowest BCUT2D eigenvalue weighted by Crippen LogP contribution is -2.44. The average Bonchev–Trinajstić information content (AvgIpc) is 2.49. The predicted molar refractivity (Wildman–Crippen MR) is 88.6 cm³/mol.